The van der Waals surface area contributed by atoms with E-state index < -0.39 is 11.7 Å². The normalized spacial score (nSPS) is 14.8. The summed E-state index contributed by atoms with van der Waals surface area (Å²) in [5.74, 6) is 0.802. The lowest BCUT2D eigenvalue weighted by Gasteiger charge is -2.28. The lowest BCUT2D eigenvalue weighted by molar-refractivity contribution is -0.137. The van der Waals surface area contributed by atoms with Crippen LogP contribution in [0.2, 0.25) is 0 Å². The van der Waals surface area contributed by atoms with E-state index in [4.69, 9.17) is 10.5 Å². The molecule has 1 aliphatic heterocycles. The van der Waals surface area contributed by atoms with Crippen LogP contribution in [0.15, 0.2) is 30.3 Å². The van der Waals surface area contributed by atoms with Gasteiger partial charge in [0.2, 0.25) is 5.95 Å². The molecule has 2 heterocycles. The molecule has 0 radical (unpaired) electrons. The summed E-state index contributed by atoms with van der Waals surface area (Å²) in [6, 6.07) is 6.42. The largest absolute Gasteiger partial charge is 0.416 e. The number of ketones is 1. The maximum Gasteiger partial charge on any atom is 0.416 e. The third-order valence-electron chi connectivity index (χ3n) is 4.19. The van der Waals surface area contributed by atoms with Gasteiger partial charge in [0.1, 0.15) is 11.6 Å². The van der Waals surface area contributed by atoms with Crippen molar-refractivity contribution in [3.8, 4) is 0 Å². The number of alkyl halides is 3. The van der Waals surface area contributed by atoms with Gasteiger partial charge in [-0.25, -0.2) is 0 Å². The molecule has 0 atom stereocenters. The number of nitrogens with zero attached hydrogens (tertiary/aromatic N) is 3. The Hall–Kier alpha value is -2.88. The van der Waals surface area contributed by atoms with E-state index in [2.05, 4.69) is 15.3 Å². The molecule has 2 aromatic rings. The van der Waals surface area contributed by atoms with Crippen molar-refractivity contribution in [2.24, 2.45) is 0 Å². The van der Waals surface area contributed by atoms with E-state index in [1.54, 1.807) is 6.07 Å². The monoisotopic (exact) mass is 395 g/mol. The Morgan fingerprint density at radius 2 is 1.96 bits per heavy atom. The minimum atomic E-state index is -4.44. The fraction of sp³-hybridized carbons (Fsp3) is 0.389. The summed E-state index contributed by atoms with van der Waals surface area (Å²) >= 11 is 0. The van der Waals surface area contributed by atoms with Gasteiger partial charge in [0, 0.05) is 25.6 Å². The lowest BCUT2D eigenvalue weighted by atomic mass is 10.1. The molecular formula is C18H20F3N5O2. The number of Topliss-reactive ketones (excluding diaryl/α,β-unsaturated/α-hetero) is 1. The van der Waals surface area contributed by atoms with Gasteiger partial charge in [0.25, 0.3) is 0 Å². The van der Waals surface area contributed by atoms with Gasteiger partial charge in [-0.3, -0.25) is 4.79 Å². The molecule has 0 bridgehead atoms. The SMILES string of the molecule is Nc1nc(NCC(=O)Cc2cccc(C(F)(F)F)c2)cc(N2CCOCC2)n1. The summed E-state index contributed by atoms with van der Waals surface area (Å²) in [6.45, 7) is 2.42. The zero-order valence-corrected chi connectivity index (χ0v) is 15.0. The molecule has 0 amide bonds. The Morgan fingerprint density at radius 1 is 1.21 bits per heavy atom. The number of rotatable bonds is 6. The van der Waals surface area contributed by atoms with Crippen LogP contribution in [0.4, 0.5) is 30.8 Å². The van der Waals surface area contributed by atoms with Gasteiger partial charge in [-0.1, -0.05) is 18.2 Å². The number of carbonyl (C=O) groups excluding carboxylic acids is 1. The summed E-state index contributed by atoms with van der Waals surface area (Å²) in [4.78, 5) is 22.4. The molecule has 0 aliphatic carbocycles. The predicted molar refractivity (Wildman–Crippen MR) is 98.1 cm³/mol. The minimum absolute atomic E-state index is 0.0665. The number of anilines is 3. The van der Waals surface area contributed by atoms with Crippen molar-refractivity contribution in [2.45, 2.75) is 12.6 Å². The van der Waals surface area contributed by atoms with Gasteiger partial charge in [-0.2, -0.15) is 23.1 Å². The summed E-state index contributed by atoms with van der Waals surface area (Å²) in [6.07, 6.45) is -4.56. The van der Waals surface area contributed by atoms with Crippen LogP contribution in [-0.2, 0) is 22.1 Å². The first kappa shape index (κ1) is 19.9. The van der Waals surface area contributed by atoms with Gasteiger partial charge < -0.3 is 20.7 Å². The van der Waals surface area contributed by atoms with Crippen molar-refractivity contribution in [1.29, 1.82) is 0 Å². The second kappa shape index (κ2) is 8.42. The van der Waals surface area contributed by atoms with E-state index >= 15 is 0 Å². The number of benzene rings is 1. The summed E-state index contributed by atoms with van der Waals surface area (Å²) in [5.41, 5.74) is 5.27. The highest BCUT2D eigenvalue weighted by Crippen LogP contribution is 2.29. The molecule has 7 nitrogen and oxygen atoms in total. The number of aromatic nitrogens is 2. The Kier molecular flexibility index (Phi) is 5.98. The smallest absolute Gasteiger partial charge is 0.378 e. The molecule has 0 spiro atoms. The highest BCUT2D eigenvalue weighted by molar-refractivity contribution is 5.85. The number of nitrogens with two attached hydrogens (primary N) is 1. The number of hydrogen-bond donors (Lipinski definition) is 2. The Morgan fingerprint density at radius 3 is 2.68 bits per heavy atom. The molecule has 1 saturated heterocycles. The van der Waals surface area contributed by atoms with Crippen LogP contribution < -0.4 is 16.0 Å². The van der Waals surface area contributed by atoms with Crippen molar-refractivity contribution in [1.82, 2.24) is 9.97 Å². The van der Waals surface area contributed by atoms with Crippen LogP contribution in [0.1, 0.15) is 11.1 Å². The van der Waals surface area contributed by atoms with Gasteiger partial charge in [0.15, 0.2) is 5.78 Å². The second-order valence-electron chi connectivity index (χ2n) is 6.34. The van der Waals surface area contributed by atoms with E-state index in [-0.39, 0.29) is 24.7 Å². The van der Waals surface area contributed by atoms with E-state index in [0.29, 0.717) is 43.5 Å². The molecule has 1 aliphatic rings. The molecule has 1 aromatic carbocycles. The maximum atomic E-state index is 12.8. The standard InChI is InChI=1S/C18H20F3N5O2/c19-18(20,21)13-3-1-2-12(8-13)9-14(27)11-23-15-10-16(25-17(22)24-15)26-4-6-28-7-5-26/h1-3,8,10H,4-7,9,11H2,(H3,22,23,24,25). The third kappa shape index (κ3) is 5.32. The zero-order chi connectivity index (χ0) is 20.1. The van der Waals surface area contributed by atoms with Gasteiger partial charge in [0.05, 0.1) is 25.3 Å². The van der Waals surface area contributed by atoms with Crippen molar-refractivity contribution in [2.75, 3.05) is 48.8 Å². The third-order valence-corrected chi connectivity index (χ3v) is 4.19. The Bertz CT molecular complexity index is 838. The number of nitrogen functional groups attached to an aromatic ring is 1. The number of hydrogen-bond acceptors (Lipinski definition) is 7. The molecule has 1 fully saturated rings. The second-order valence-corrected chi connectivity index (χ2v) is 6.34. The number of ether oxygens (including phenoxy) is 1. The van der Waals surface area contributed by atoms with Gasteiger partial charge in [-0.15, -0.1) is 0 Å². The maximum absolute atomic E-state index is 12.8. The van der Waals surface area contributed by atoms with Crippen molar-refractivity contribution >= 4 is 23.4 Å². The molecular weight excluding hydrogens is 375 g/mol. The Labute approximate surface area is 159 Å². The van der Waals surface area contributed by atoms with Crippen molar-refractivity contribution in [3.63, 3.8) is 0 Å². The molecule has 150 valence electrons. The Balaban J connectivity index is 1.61. The van der Waals surface area contributed by atoms with Crippen LogP contribution in [0.25, 0.3) is 0 Å². The van der Waals surface area contributed by atoms with E-state index in [1.807, 2.05) is 4.90 Å². The molecule has 3 rings (SSSR count). The molecule has 10 heteroatoms. The van der Waals surface area contributed by atoms with Crippen LogP contribution in [0, 0.1) is 0 Å². The lowest BCUT2D eigenvalue weighted by Crippen LogP contribution is -2.37. The highest BCUT2D eigenvalue weighted by Gasteiger charge is 2.30. The topological polar surface area (TPSA) is 93.4 Å². The first-order chi connectivity index (χ1) is 13.3. The van der Waals surface area contributed by atoms with Gasteiger partial charge in [-0.05, 0) is 11.6 Å². The quantitative estimate of drug-likeness (QED) is 0.774. The number of nitrogens with one attached hydrogen (secondary N) is 1. The zero-order valence-electron chi connectivity index (χ0n) is 15.0. The van der Waals surface area contributed by atoms with E-state index in [0.717, 1.165) is 12.1 Å². The predicted octanol–water partition coefficient (Wildman–Crippen LogP) is 2.14. The molecule has 0 saturated carbocycles. The van der Waals surface area contributed by atoms with Crippen molar-refractivity contribution in [3.05, 3.63) is 41.5 Å². The fourth-order valence-electron chi connectivity index (χ4n) is 2.83. The average molecular weight is 395 g/mol. The first-order valence-electron chi connectivity index (χ1n) is 8.70. The van der Waals surface area contributed by atoms with Crippen LogP contribution in [0.5, 0.6) is 0 Å². The van der Waals surface area contributed by atoms with E-state index in [1.165, 1.54) is 12.1 Å². The van der Waals surface area contributed by atoms with Crippen LogP contribution >= 0.6 is 0 Å². The average Bonchev–Trinajstić information content (AvgIpc) is 2.66. The molecule has 0 unspecified atom stereocenters. The van der Waals surface area contributed by atoms with Crippen LogP contribution in [-0.4, -0.2) is 48.6 Å². The number of morpholine rings is 1. The summed E-state index contributed by atoms with van der Waals surface area (Å²) in [7, 11) is 0. The summed E-state index contributed by atoms with van der Waals surface area (Å²) < 4.78 is 43.6. The number of halogens is 3. The van der Waals surface area contributed by atoms with Crippen LogP contribution in [0.3, 0.4) is 0 Å². The summed E-state index contributed by atoms with van der Waals surface area (Å²) in [5, 5.41) is 2.87. The molecule has 1 aromatic heterocycles. The minimum Gasteiger partial charge on any atom is -0.378 e. The molecule has 28 heavy (non-hydrogen) atoms. The van der Waals surface area contributed by atoms with Gasteiger partial charge >= 0.3 is 6.18 Å². The molecule has 3 N–H and O–H groups in total. The fourth-order valence-corrected chi connectivity index (χ4v) is 2.83. The van der Waals surface area contributed by atoms with E-state index in [9.17, 15) is 18.0 Å². The highest BCUT2D eigenvalue weighted by atomic mass is 19.4. The van der Waals surface area contributed by atoms with Crippen molar-refractivity contribution < 1.29 is 22.7 Å². The first-order valence-corrected chi connectivity index (χ1v) is 8.70. The number of carbonyl (C=O) groups is 1.